The van der Waals surface area contributed by atoms with E-state index in [1.807, 2.05) is 13.8 Å². The van der Waals surface area contributed by atoms with Crippen molar-refractivity contribution in [3.8, 4) is 0 Å². The van der Waals surface area contributed by atoms with Gasteiger partial charge in [-0.2, -0.15) is 0 Å². The van der Waals surface area contributed by atoms with Crippen molar-refractivity contribution in [2.45, 2.75) is 43.7 Å². The first-order valence-electron chi connectivity index (χ1n) is 6.95. The van der Waals surface area contributed by atoms with Gasteiger partial charge in [-0.1, -0.05) is 19.9 Å². The quantitative estimate of drug-likeness (QED) is 0.417. The second-order valence-electron chi connectivity index (χ2n) is 4.85. The van der Waals surface area contributed by atoms with E-state index in [0.29, 0.717) is 18.5 Å². The Labute approximate surface area is 154 Å². The summed E-state index contributed by atoms with van der Waals surface area (Å²) in [6.45, 7) is 3.54. The fourth-order valence-corrected chi connectivity index (χ4v) is 2.86. The van der Waals surface area contributed by atoms with Crippen molar-refractivity contribution >= 4 is 15.8 Å². The van der Waals surface area contributed by atoms with E-state index < -0.39 is 10.1 Å². The van der Waals surface area contributed by atoms with Gasteiger partial charge in [0.1, 0.15) is 10.1 Å². The number of hydrogen-bond acceptors (Lipinski definition) is 6. The van der Waals surface area contributed by atoms with Crippen LogP contribution in [-0.4, -0.2) is 48.5 Å². The molecule has 2 atom stereocenters. The van der Waals surface area contributed by atoms with Crippen LogP contribution in [0.1, 0.15) is 26.7 Å². The summed E-state index contributed by atoms with van der Waals surface area (Å²) in [7, 11) is -4.54. The number of aliphatic hydroxyl groups is 2. The molecule has 0 aliphatic heterocycles. The zero-order chi connectivity index (χ0) is 16.0. The fraction of sp³-hybridized carbons (Fsp3) is 0.571. The van der Waals surface area contributed by atoms with Crippen LogP contribution in [0.2, 0.25) is 0 Å². The van der Waals surface area contributed by atoms with Gasteiger partial charge in [0.2, 0.25) is 0 Å². The van der Waals surface area contributed by atoms with Crippen LogP contribution in [0.5, 0.6) is 0 Å². The minimum atomic E-state index is -4.54. The van der Waals surface area contributed by atoms with E-state index in [0.717, 1.165) is 0 Å². The average Bonchev–Trinajstić information content (AvgIpc) is 2.47. The molecule has 0 aromatic heterocycles. The molecular formula is C14H22NNaO5S. The Bertz CT molecular complexity index is 532. The van der Waals surface area contributed by atoms with Crippen LogP contribution in [0.3, 0.4) is 0 Å². The summed E-state index contributed by atoms with van der Waals surface area (Å²) >= 11 is 0. The average molecular weight is 339 g/mol. The molecule has 0 bridgehead atoms. The van der Waals surface area contributed by atoms with Crippen LogP contribution in [-0.2, 0) is 10.1 Å². The molecule has 0 saturated carbocycles. The van der Waals surface area contributed by atoms with E-state index in [1.165, 1.54) is 18.2 Å². The molecule has 120 valence electrons. The number of anilines is 1. The molecule has 0 fully saturated rings. The number of nitrogens with zero attached hydrogens (tertiary/aromatic N) is 1. The summed E-state index contributed by atoms with van der Waals surface area (Å²) in [5.41, 5.74) is 0.508. The molecule has 0 amide bonds. The van der Waals surface area contributed by atoms with Crippen LogP contribution in [0, 0.1) is 0 Å². The molecule has 6 nitrogen and oxygen atoms in total. The monoisotopic (exact) mass is 339 g/mol. The third-order valence-corrected chi connectivity index (χ3v) is 4.39. The maximum absolute atomic E-state index is 11.2. The van der Waals surface area contributed by atoms with Crippen molar-refractivity contribution in [2.75, 3.05) is 18.1 Å². The molecule has 0 heterocycles. The Morgan fingerprint density at radius 1 is 1.14 bits per heavy atom. The fourth-order valence-electron chi connectivity index (χ4n) is 2.35. The minimum absolute atomic E-state index is 0. The van der Waals surface area contributed by atoms with Crippen LogP contribution >= 0.6 is 0 Å². The van der Waals surface area contributed by atoms with Crippen molar-refractivity contribution in [3.63, 3.8) is 0 Å². The third kappa shape index (κ3) is 5.49. The van der Waals surface area contributed by atoms with Crippen LogP contribution in [0.4, 0.5) is 5.69 Å². The summed E-state index contributed by atoms with van der Waals surface area (Å²) < 4.78 is 33.5. The van der Waals surface area contributed by atoms with Crippen molar-refractivity contribution in [3.05, 3.63) is 24.3 Å². The Hall–Kier alpha value is -0.150. The Morgan fingerprint density at radius 3 is 2.00 bits per heavy atom. The Morgan fingerprint density at radius 2 is 1.64 bits per heavy atom. The van der Waals surface area contributed by atoms with E-state index in [2.05, 4.69) is 0 Å². The van der Waals surface area contributed by atoms with Gasteiger partial charge in [-0.3, -0.25) is 0 Å². The summed E-state index contributed by atoms with van der Waals surface area (Å²) in [5.74, 6) is 0. The minimum Gasteiger partial charge on any atom is -0.744 e. The summed E-state index contributed by atoms with van der Waals surface area (Å²) in [6.07, 6.45) is 1.25. The Kier molecular flexibility index (Phi) is 9.80. The number of benzene rings is 1. The second kappa shape index (κ2) is 9.87. The van der Waals surface area contributed by atoms with Gasteiger partial charge >= 0.3 is 29.6 Å². The third-order valence-electron chi connectivity index (χ3n) is 3.56. The number of rotatable bonds is 8. The molecule has 1 aromatic carbocycles. The molecule has 1 rings (SSSR count). The van der Waals surface area contributed by atoms with Gasteiger partial charge in [0.25, 0.3) is 0 Å². The van der Waals surface area contributed by atoms with Crippen molar-refractivity contribution in [2.24, 2.45) is 0 Å². The molecule has 1 aromatic rings. The first-order chi connectivity index (χ1) is 9.88. The van der Waals surface area contributed by atoms with Gasteiger partial charge in [-0.25, -0.2) is 8.42 Å². The largest absolute Gasteiger partial charge is 1.00 e. The van der Waals surface area contributed by atoms with Gasteiger partial charge in [-0.15, -0.1) is 0 Å². The summed E-state index contributed by atoms with van der Waals surface area (Å²) in [4.78, 5) is 1.47. The topological polar surface area (TPSA) is 101 Å². The van der Waals surface area contributed by atoms with Crippen molar-refractivity contribution in [1.82, 2.24) is 0 Å². The van der Waals surface area contributed by atoms with Crippen molar-refractivity contribution in [1.29, 1.82) is 0 Å². The van der Waals surface area contributed by atoms with Gasteiger partial charge < -0.3 is 19.7 Å². The Balaban J connectivity index is 0.00000441. The van der Waals surface area contributed by atoms with Crippen LogP contribution in [0.15, 0.2) is 29.2 Å². The summed E-state index contributed by atoms with van der Waals surface area (Å²) in [5, 5.41) is 19.0. The molecule has 2 unspecified atom stereocenters. The molecule has 0 spiro atoms. The number of hydrogen-bond donors (Lipinski definition) is 2. The van der Waals surface area contributed by atoms with E-state index in [1.54, 1.807) is 11.0 Å². The molecule has 0 aliphatic rings. The van der Waals surface area contributed by atoms with Crippen LogP contribution in [0.25, 0.3) is 0 Å². The second-order valence-corrected chi connectivity index (χ2v) is 6.23. The molecule has 0 saturated heterocycles. The molecule has 8 heteroatoms. The SMILES string of the molecule is CCC(CO)N(c1cccc(S(=O)(=O)[O-])c1)C(CC)CO.[Na+]. The zero-order valence-corrected chi connectivity index (χ0v) is 16.1. The molecular weight excluding hydrogens is 317 g/mol. The van der Waals surface area contributed by atoms with E-state index >= 15 is 0 Å². The van der Waals surface area contributed by atoms with E-state index in [4.69, 9.17) is 0 Å². The maximum Gasteiger partial charge on any atom is 1.00 e. The predicted molar refractivity (Wildman–Crippen MR) is 79.2 cm³/mol. The molecule has 0 aliphatic carbocycles. The molecule has 2 N–H and O–H groups in total. The smallest absolute Gasteiger partial charge is 0.744 e. The number of aliphatic hydroxyl groups excluding tert-OH is 2. The van der Waals surface area contributed by atoms with Crippen molar-refractivity contribution < 1.29 is 52.7 Å². The van der Waals surface area contributed by atoms with E-state index in [9.17, 15) is 23.2 Å². The maximum atomic E-state index is 11.2. The first-order valence-corrected chi connectivity index (χ1v) is 8.35. The van der Waals surface area contributed by atoms with Gasteiger partial charge in [-0.05, 0) is 31.0 Å². The zero-order valence-electron chi connectivity index (χ0n) is 13.3. The van der Waals surface area contributed by atoms with Gasteiger partial charge in [0, 0.05) is 5.69 Å². The predicted octanol–water partition coefficient (Wildman–Crippen LogP) is -2.06. The first kappa shape index (κ1) is 21.9. The standard InChI is InChI=1S/C14H23NO5S.Na/c1-3-11(9-16)15(12(4-2)10-17)13-6-5-7-14(8-13)21(18,19)20;/h5-8,11-12,16-17H,3-4,9-10H2,1-2H3,(H,18,19,20);/q;+1/p-1. The van der Waals surface area contributed by atoms with Gasteiger partial charge in [0.15, 0.2) is 0 Å². The van der Waals surface area contributed by atoms with Crippen LogP contribution < -0.4 is 34.5 Å². The molecule has 0 radical (unpaired) electrons. The normalized spacial score (nSPS) is 14.0. The van der Waals surface area contributed by atoms with Gasteiger partial charge in [0.05, 0.1) is 30.2 Å². The summed E-state index contributed by atoms with van der Waals surface area (Å²) in [6, 6.07) is 5.17. The molecule has 22 heavy (non-hydrogen) atoms. The van der Waals surface area contributed by atoms with E-state index in [-0.39, 0.29) is 59.8 Å².